The first-order chi connectivity index (χ1) is 40.5. The van der Waals surface area contributed by atoms with Gasteiger partial charge in [0, 0.05) is 19.3 Å². The number of ether oxygens (including phenoxy) is 3. The van der Waals surface area contributed by atoms with Crippen LogP contribution in [0.4, 0.5) is 0 Å². The second-order valence-electron chi connectivity index (χ2n) is 21.6. The van der Waals surface area contributed by atoms with Gasteiger partial charge in [-0.05, 0) is 148 Å². The van der Waals surface area contributed by atoms with E-state index in [0.29, 0.717) is 19.3 Å². The van der Waals surface area contributed by atoms with Gasteiger partial charge < -0.3 is 14.2 Å². The predicted molar refractivity (Wildman–Crippen MR) is 357 cm³/mol. The Bertz CT molecular complexity index is 1830. The van der Waals surface area contributed by atoms with Gasteiger partial charge in [0.25, 0.3) is 0 Å². The molecular weight excluding hydrogens is 1010 g/mol. The molecule has 0 spiro atoms. The summed E-state index contributed by atoms with van der Waals surface area (Å²) in [7, 11) is 0. The molecule has 6 heteroatoms. The number of carbonyl (C=O) groups is 3. The SMILES string of the molecule is CC/C=C\C/C=C\C/C=C\C/C=C\C/C=C\C/C=C\C/C=C\C/C=C\CCCCCCCCCCCCC(=O)OCC(COC(=O)CCCCCCC/C=C\CCCCC)OC(=O)CCCCCC/C=C\C/C=C\C/C=C\C/C=C\CC. The number of esters is 3. The van der Waals surface area contributed by atoms with Crippen molar-refractivity contribution in [2.45, 2.75) is 290 Å². The fourth-order valence-electron chi connectivity index (χ4n) is 8.80. The minimum absolute atomic E-state index is 0.0975. The molecule has 0 radical (unpaired) electrons. The molecule has 0 saturated carbocycles. The van der Waals surface area contributed by atoms with Crippen molar-refractivity contribution in [2.75, 3.05) is 13.2 Å². The third-order valence-electron chi connectivity index (χ3n) is 13.7. The molecule has 6 nitrogen and oxygen atoms in total. The average Bonchev–Trinajstić information content (AvgIpc) is 3.47. The number of rotatable bonds is 59. The molecule has 0 amide bonds. The predicted octanol–water partition coefficient (Wildman–Crippen LogP) is 23.3. The molecule has 0 N–H and O–H groups in total. The molecule has 1 unspecified atom stereocenters. The minimum atomic E-state index is -0.803. The fourth-order valence-corrected chi connectivity index (χ4v) is 8.80. The molecule has 0 saturated heterocycles. The quantitative estimate of drug-likeness (QED) is 0.0261. The van der Waals surface area contributed by atoms with Crippen LogP contribution < -0.4 is 0 Å². The van der Waals surface area contributed by atoms with Crippen molar-refractivity contribution in [1.29, 1.82) is 0 Å². The van der Waals surface area contributed by atoms with Gasteiger partial charge in [-0.15, -0.1) is 0 Å². The summed E-state index contributed by atoms with van der Waals surface area (Å²) in [6, 6.07) is 0. The van der Waals surface area contributed by atoms with Gasteiger partial charge >= 0.3 is 17.9 Å². The number of allylic oxidation sites excluding steroid dienone is 26. The number of hydrogen-bond donors (Lipinski definition) is 0. The number of carbonyl (C=O) groups excluding carboxylic acids is 3. The maximum Gasteiger partial charge on any atom is 0.306 e. The van der Waals surface area contributed by atoms with E-state index < -0.39 is 6.10 Å². The number of unbranched alkanes of at least 4 members (excludes halogenated alkanes) is 22. The van der Waals surface area contributed by atoms with E-state index in [1.807, 2.05) is 0 Å². The highest BCUT2D eigenvalue weighted by Crippen LogP contribution is 2.15. The first-order valence-corrected chi connectivity index (χ1v) is 33.5. The number of hydrogen-bond acceptors (Lipinski definition) is 6. The Labute approximate surface area is 505 Å². The summed E-state index contributed by atoms with van der Waals surface area (Å²) in [5.41, 5.74) is 0. The van der Waals surface area contributed by atoms with Crippen molar-refractivity contribution in [3.8, 4) is 0 Å². The Kier molecular flexibility index (Phi) is 64.4. The summed E-state index contributed by atoms with van der Waals surface area (Å²) >= 11 is 0. The summed E-state index contributed by atoms with van der Waals surface area (Å²) in [4.78, 5) is 38.3. The maximum absolute atomic E-state index is 12.9. The van der Waals surface area contributed by atoms with Crippen molar-refractivity contribution in [3.63, 3.8) is 0 Å². The van der Waals surface area contributed by atoms with E-state index >= 15 is 0 Å². The first-order valence-electron chi connectivity index (χ1n) is 33.5. The highest BCUT2D eigenvalue weighted by Gasteiger charge is 2.19. The third kappa shape index (κ3) is 65.8. The summed E-state index contributed by atoms with van der Waals surface area (Å²) < 4.78 is 16.9. The molecule has 0 aliphatic heterocycles. The Balaban J connectivity index is 4.26. The smallest absolute Gasteiger partial charge is 0.306 e. The van der Waals surface area contributed by atoms with E-state index in [2.05, 4.69) is 179 Å². The normalized spacial score (nSPS) is 13.2. The van der Waals surface area contributed by atoms with Crippen molar-refractivity contribution < 1.29 is 28.6 Å². The second-order valence-corrected chi connectivity index (χ2v) is 21.6. The highest BCUT2D eigenvalue weighted by atomic mass is 16.6. The topological polar surface area (TPSA) is 78.9 Å². The van der Waals surface area contributed by atoms with Crippen LogP contribution in [0.1, 0.15) is 284 Å². The van der Waals surface area contributed by atoms with E-state index in [1.54, 1.807) is 0 Å². The van der Waals surface area contributed by atoms with Gasteiger partial charge in [-0.25, -0.2) is 0 Å². The molecule has 0 rings (SSSR count). The van der Waals surface area contributed by atoms with Crippen molar-refractivity contribution >= 4 is 17.9 Å². The first kappa shape index (κ1) is 77.0. The van der Waals surface area contributed by atoms with E-state index in [-0.39, 0.29) is 31.1 Å². The van der Waals surface area contributed by atoms with Crippen molar-refractivity contribution in [1.82, 2.24) is 0 Å². The van der Waals surface area contributed by atoms with E-state index in [1.165, 1.54) is 77.0 Å². The van der Waals surface area contributed by atoms with Gasteiger partial charge in [-0.3, -0.25) is 14.4 Å². The molecule has 82 heavy (non-hydrogen) atoms. The Morgan fingerprint density at radius 1 is 0.256 bits per heavy atom. The van der Waals surface area contributed by atoms with Crippen LogP contribution in [-0.4, -0.2) is 37.2 Å². The summed E-state index contributed by atoms with van der Waals surface area (Å²) in [6.07, 6.45) is 99.7. The molecule has 1 atom stereocenters. The average molecular weight is 1130 g/mol. The molecule has 0 aromatic heterocycles. The van der Waals surface area contributed by atoms with Crippen LogP contribution in [-0.2, 0) is 28.6 Å². The van der Waals surface area contributed by atoms with E-state index in [4.69, 9.17) is 14.2 Å². The summed E-state index contributed by atoms with van der Waals surface area (Å²) in [5, 5.41) is 0. The fraction of sp³-hybridized carbons (Fsp3) is 0.618. The Morgan fingerprint density at radius 2 is 0.476 bits per heavy atom. The second kappa shape index (κ2) is 68.5. The third-order valence-corrected chi connectivity index (χ3v) is 13.7. The highest BCUT2D eigenvalue weighted by molar-refractivity contribution is 5.71. The van der Waals surface area contributed by atoms with Crippen LogP contribution >= 0.6 is 0 Å². The lowest BCUT2D eigenvalue weighted by molar-refractivity contribution is -0.167. The van der Waals surface area contributed by atoms with Gasteiger partial charge in [0.15, 0.2) is 6.10 Å². The largest absolute Gasteiger partial charge is 0.462 e. The minimum Gasteiger partial charge on any atom is -0.462 e. The molecule has 0 aliphatic carbocycles. The van der Waals surface area contributed by atoms with E-state index in [9.17, 15) is 14.4 Å². The van der Waals surface area contributed by atoms with Gasteiger partial charge in [0.2, 0.25) is 0 Å². The molecule has 0 aromatic rings. The van der Waals surface area contributed by atoms with Gasteiger partial charge in [0.05, 0.1) is 0 Å². The van der Waals surface area contributed by atoms with Crippen LogP contribution in [0, 0.1) is 0 Å². The van der Waals surface area contributed by atoms with Crippen LogP contribution in [0.15, 0.2) is 158 Å². The zero-order valence-electron chi connectivity index (χ0n) is 52.9. The van der Waals surface area contributed by atoms with Gasteiger partial charge in [-0.1, -0.05) is 275 Å². The molecular formula is C76H122O6. The Morgan fingerprint density at radius 3 is 0.756 bits per heavy atom. The summed E-state index contributed by atoms with van der Waals surface area (Å²) in [5.74, 6) is -0.935. The standard InChI is InChI=1S/C76H122O6/c1-4-7-10-13-16-19-22-25-27-29-30-31-32-33-34-35-36-37-38-39-40-41-42-43-44-45-46-48-49-51-54-57-60-63-66-69-75(78)81-72-73(71-80-74(77)68-65-62-59-56-53-24-21-18-15-12-9-6-3)82-76(79)70-67-64-61-58-55-52-50-47-28-26-23-20-17-14-11-8-5-2/h7-8,10-11,16-21,25-28,30-31,33-34,36-37,39-40,42-43,50,52,73H,4-6,9,12-15,22-24,29,32,35,38,41,44-49,51,53-72H2,1-3H3/b10-7-,11-8-,19-16-,20-17-,21-18-,27-25-,28-26-,31-30-,34-33-,37-36-,40-39-,43-42-,52-50-. The van der Waals surface area contributed by atoms with Crippen LogP contribution in [0.5, 0.6) is 0 Å². The zero-order valence-corrected chi connectivity index (χ0v) is 52.9. The molecule has 0 bridgehead atoms. The van der Waals surface area contributed by atoms with Gasteiger partial charge in [-0.2, -0.15) is 0 Å². The molecule has 0 aromatic carbocycles. The van der Waals surface area contributed by atoms with Crippen LogP contribution in [0.3, 0.4) is 0 Å². The molecule has 462 valence electrons. The van der Waals surface area contributed by atoms with E-state index in [0.717, 1.165) is 167 Å². The lowest BCUT2D eigenvalue weighted by Crippen LogP contribution is -2.30. The molecule has 0 heterocycles. The zero-order chi connectivity index (χ0) is 59.2. The lowest BCUT2D eigenvalue weighted by Gasteiger charge is -2.18. The summed E-state index contributed by atoms with van der Waals surface area (Å²) in [6.45, 7) is 6.36. The molecule has 0 aliphatic rings. The van der Waals surface area contributed by atoms with Gasteiger partial charge in [0.1, 0.15) is 13.2 Å². The van der Waals surface area contributed by atoms with Crippen LogP contribution in [0.2, 0.25) is 0 Å². The Hall–Kier alpha value is -4.97. The molecule has 0 fully saturated rings. The lowest BCUT2D eigenvalue weighted by atomic mass is 10.1. The van der Waals surface area contributed by atoms with Crippen molar-refractivity contribution in [3.05, 3.63) is 158 Å². The van der Waals surface area contributed by atoms with Crippen LogP contribution in [0.25, 0.3) is 0 Å². The van der Waals surface area contributed by atoms with Crippen molar-refractivity contribution in [2.24, 2.45) is 0 Å². The monoisotopic (exact) mass is 1130 g/mol. The maximum atomic E-state index is 12.9.